The zero-order valence-electron chi connectivity index (χ0n) is 13.4. The number of piperidine rings is 1. The minimum atomic E-state index is -3.48. The quantitative estimate of drug-likeness (QED) is 0.753. The lowest BCUT2D eigenvalue weighted by Crippen LogP contribution is -2.43. The molecule has 0 atom stereocenters. The Balaban J connectivity index is 1.93. The van der Waals surface area contributed by atoms with Crippen LogP contribution >= 0.6 is 0 Å². The van der Waals surface area contributed by atoms with E-state index in [-0.39, 0.29) is 18.4 Å². The van der Waals surface area contributed by atoms with Gasteiger partial charge in [0.05, 0.1) is 4.90 Å². The van der Waals surface area contributed by atoms with E-state index in [1.165, 1.54) is 4.31 Å². The number of rotatable bonds is 6. The molecular weight excluding hydrogens is 316 g/mol. The topological polar surface area (TPSA) is 86.7 Å². The summed E-state index contributed by atoms with van der Waals surface area (Å²) in [4.78, 5) is 12.3. The molecule has 1 saturated heterocycles. The molecule has 1 amide bonds. The minimum absolute atomic E-state index is 0.0491. The monoisotopic (exact) mass is 340 g/mol. The molecule has 1 aliphatic rings. The van der Waals surface area contributed by atoms with Crippen LogP contribution in [-0.2, 0) is 14.8 Å². The maximum atomic E-state index is 12.6. The van der Waals surface area contributed by atoms with Gasteiger partial charge in [-0.05, 0) is 38.3 Å². The highest BCUT2D eigenvalue weighted by Gasteiger charge is 2.31. The van der Waals surface area contributed by atoms with Crippen molar-refractivity contribution in [3.8, 4) is 0 Å². The molecule has 23 heavy (non-hydrogen) atoms. The lowest BCUT2D eigenvalue weighted by atomic mass is 9.97. The van der Waals surface area contributed by atoms with E-state index in [9.17, 15) is 13.2 Å². The molecule has 0 bridgehead atoms. The fourth-order valence-electron chi connectivity index (χ4n) is 2.65. The van der Waals surface area contributed by atoms with Crippen molar-refractivity contribution in [3.63, 3.8) is 0 Å². The average molecular weight is 340 g/mol. The van der Waals surface area contributed by atoms with Crippen LogP contribution in [-0.4, -0.2) is 50.0 Å². The summed E-state index contributed by atoms with van der Waals surface area (Å²) in [6.45, 7) is 3.13. The Labute approximate surface area is 137 Å². The molecule has 7 heteroatoms. The van der Waals surface area contributed by atoms with Gasteiger partial charge in [0.25, 0.3) is 0 Å². The smallest absolute Gasteiger partial charge is 0.243 e. The molecule has 0 unspecified atom stereocenters. The molecule has 0 radical (unpaired) electrons. The maximum absolute atomic E-state index is 12.6. The summed E-state index contributed by atoms with van der Waals surface area (Å²) in [5.74, 6) is -0.205. The number of carbonyl (C=O) groups is 1. The number of aliphatic hydroxyl groups excluding tert-OH is 1. The zero-order chi connectivity index (χ0) is 16.9. The third kappa shape index (κ3) is 4.53. The van der Waals surface area contributed by atoms with E-state index in [1.807, 2.05) is 6.92 Å². The first-order chi connectivity index (χ1) is 10.9. The van der Waals surface area contributed by atoms with E-state index < -0.39 is 10.0 Å². The summed E-state index contributed by atoms with van der Waals surface area (Å²) in [6, 6.07) is 6.82. The van der Waals surface area contributed by atoms with E-state index in [2.05, 4.69) is 5.32 Å². The van der Waals surface area contributed by atoms with Gasteiger partial charge in [-0.2, -0.15) is 4.31 Å². The number of carbonyl (C=O) groups excluding carboxylic acids is 1. The normalized spacial score (nSPS) is 17.1. The van der Waals surface area contributed by atoms with Crippen molar-refractivity contribution in [1.82, 2.24) is 9.62 Å². The van der Waals surface area contributed by atoms with Crippen LogP contribution in [0.4, 0.5) is 0 Å². The lowest BCUT2D eigenvalue weighted by Gasteiger charge is -2.30. The van der Waals surface area contributed by atoms with Crippen molar-refractivity contribution < 1.29 is 18.3 Å². The van der Waals surface area contributed by atoms with Crippen molar-refractivity contribution in [3.05, 3.63) is 29.8 Å². The zero-order valence-corrected chi connectivity index (χ0v) is 14.2. The van der Waals surface area contributed by atoms with Gasteiger partial charge in [0.1, 0.15) is 0 Å². The summed E-state index contributed by atoms with van der Waals surface area (Å²) in [5, 5.41) is 11.5. The summed E-state index contributed by atoms with van der Waals surface area (Å²) in [5.41, 5.74) is 1.02. The van der Waals surface area contributed by atoms with Crippen LogP contribution in [0.3, 0.4) is 0 Å². The van der Waals surface area contributed by atoms with E-state index in [4.69, 9.17) is 5.11 Å². The number of nitrogens with one attached hydrogen (secondary N) is 1. The van der Waals surface area contributed by atoms with Gasteiger partial charge < -0.3 is 10.4 Å². The van der Waals surface area contributed by atoms with Gasteiger partial charge >= 0.3 is 0 Å². The number of aliphatic hydroxyl groups is 1. The molecule has 0 spiro atoms. The van der Waals surface area contributed by atoms with E-state index >= 15 is 0 Å². The Morgan fingerprint density at radius 1 is 1.26 bits per heavy atom. The van der Waals surface area contributed by atoms with Crippen molar-refractivity contribution >= 4 is 15.9 Å². The van der Waals surface area contributed by atoms with Gasteiger partial charge in [0, 0.05) is 32.2 Å². The molecule has 2 N–H and O–H groups in total. The van der Waals surface area contributed by atoms with Gasteiger partial charge in [-0.25, -0.2) is 8.42 Å². The van der Waals surface area contributed by atoms with Gasteiger partial charge in [-0.1, -0.05) is 17.7 Å². The number of nitrogens with zero attached hydrogens (tertiary/aromatic N) is 1. The van der Waals surface area contributed by atoms with E-state index in [0.29, 0.717) is 43.8 Å². The predicted molar refractivity (Wildman–Crippen MR) is 87.4 cm³/mol. The fourth-order valence-corrected chi connectivity index (χ4v) is 4.12. The third-order valence-electron chi connectivity index (χ3n) is 4.12. The van der Waals surface area contributed by atoms with Crippen molar-refractivity contribution in [2.75, 3.05) is 26.2 Å². The Bertz CT molecular complexity index is 620. The van der Waals surface area contributed by atoms with Gasteiger partial charge in [-0.3, -0.25) is 4.79 Å². The van der Waals surface area contributed by atoms with Gasteiger partial charge in [0.2, 0.25) is 15.9 Å². The molecule has 1 aromatic rings. The molecule has 1 fully saturated rings. The van der Waals surface area contributed by atoms with Crippen LogP contribution in [0.1, 0.15) is 24.8 Å². The highest BCUT2D eigenvalue weighted by atomic mass is 32.2. The Morgan fingerprint density at radius 3 is 2.43 bits per heavy atom. The molecule has 1 heterocycles. The second-order valence-corrected chi connectivity index (χ2v) is 7.80. The first-order valence-corrected chi connectivity index (χ1v) is 9.34. The van der Waals surface area contributed by atoms with Crippen LogP contribution in [0, 0.1) is 12.8 Å². The van der Waals surface area contributed by atoms with Gasteiger partial charge in [-0.15, -0.1) is 0 Å². The highest BCUT2D eigenvalue weighted by molar-refractivity contribution is 7.89. The number of amides is 1. The van der Waals surface area contributed by atoms with Crippen molar-refractivity contribution in [1.29, 1.82) is 0 Å². The predicted octanol–water partition coefficient (Wildman–Crippen LogP) is 0.894. The molecule has 6 nitrogen and oxygen atoms in total. The number of benzene rings is 1. The third-order valence-corrected chi connectivity index (χ3v) is 6.03. The van der Waals surface area contributed by atoms with Crippen LogP contribution in [0.15, 0.2) is 29.2 Å². The highest BCUT2D eigenvalue weighted by Crippen LogP contribution is 2.24. The van der Waals surface area contributed by atoms with E-state index in [0.717, 1.165) is 5.56 Å². The van der Waals surface area contributed by atoms with Gasteiger partial charge in [0.15, 0.2) is 0 Å². The second kappa shape index (κ2) is 7.90. The Hall–Kier alpha value is -1.44. The first kappa shape index (κ1) is 17.9. The van der Waals surface area contributed by atoms with Crippen LogP contribution in [0.5, 0.6) is 0 Å². The Morgan fingerprint density at radius 2 is 1.87 bits per heavy atom. The summed E-state index contributed by atoms with van der Waals surface area (Å²) in [7, 11) is -3.48. The van der Waals surface area contributed by atoms with Crippen LogP contribution in [0.25, 0.3) is 0 Å². The molecule has 128 valence electrons. The number of hydrogen-bond donors (Lipinski definition) is 2. The molecule has 0 aliphatic carbocycles. The van der Waals surface area contributed by atoms with Crippen LogP contribution in [0.2, 0.25) is 0 Å². The lowest BCUT2D eigenvalue weighted by molar-refractivity contribution is -0.126. The molecule has 1 aromatic carbocycles. The van der Waals surface area contributed by atoms with E-state index in [1.54, 1.807) is 24.3 Å². The first-order valence-electron chi connectivity index (χ1n) is 7.90. The molecule has 0 aromatic heterocycles. The second-order valence-electron chi connectivity index (χ2n) is 5.86. The molecule has 2 rings (SSSR count). The molecule has 1 aliphatic heterocycles. The minimum Gasteiger partial charge on any atom is -0.396 e. The molecule has 0 saturated carbocycles. The number of sulfonamides is 1. The SMILES string of the molecule is Cc1ccc(S(=O)(=O)N2CCC(C(=O)NCCCO)CC2)cc1. The Kier molecular flexibility index (Phi) is 6.15. The fraction of sp³-hybridized carbons (Fsp3) is 0.562. The summed E-state index contributed by atoms with van der Waals surface area (Å²) < 4.78 is 26.6. The largest absolute Gasteiger partial charge is 0.396 e. The maximum Gasteiger partial charge on any atom is 0.243 e. The standard InChI is InChI=1S/C16H24N2O4S/c1-13-3-5-15(6-4-13)23(21,22)18-10-7-14(8-11-18)16(20)17-9-2-12-19/h3-6,14,19H,2,7-12H2,1H3,(H,17,20). The summed E-state index contributed by atoms with van der Waals surface area (Å²) in [6.07, 6.45) is 1.58. The summed E-state index contributed by atoms with van der Waals surface area (Å²) >= 11 is 0. The average Bonchev–Trinajstić information content (AvgIpc) is 2.55. The van der Waals surface area contributed by atoms with Crippen LogP contribution < -0.4 is 5.32 Å². The van der Waals surface area contributed by atoms with Crippen molar-refractivity contribution in [2.24, 2.45) is 5.92 Å². The van der Waals surface area contributed by atoms with Crippen molar-refractivity contribution in [2.45, 2.75) is 31.1 Å². The molecular formula is C16H24N2O4S. The number of aryl methyl sites for hydroxylation is 1. The number of hydrogen-bond acceptors (Lipinski definition) is 4.